The summed E-state index contributed by atoms with van der Waals surface area (Å²) in [6, 6.07) is 0. The van der Waals surface area contributed by atoms with Crippen LogP contribution in [0.2, 0.25) is 0 Å². The maximum absolute atomic E-state index is 11.8. The number of rotatable bonds is 2. The lowest BCUT2D eigenvalue weighted by Crippen LogP contribution is -2.50. The molecule has 1 aliphatic rings. The zero-order chi connectivity index (χ0) is 13.1. The first-order valence-corrected chi connectivity index (χ1v) is 6.11. The molecule has 1 saturated heterocycles. The zero-order valence-corrected chi connectivity index (χ0v) is 11.1. The first-order valence-electron chi connectivity index (χ1n) is 6.11. The van der Waals surface area contributed by atoms with Crippen LogP contribution in [0.25, 0.3) is 0 Å². The SMILES string of the molecule is CC[C@@H](O)[C@H]1CN(C(=O)OC(C)(C)C)CCO1. The van der Waals surface area contributed by atoms with Gasteiger partial charge in [-0.2, -0.15) is 0 Å². The van der Waals surface area contributed by atoms with Gasteiger partial charge in [0.05, 0.1) is 19.3 Å². The van der Waals surface area contributed by atoms with Gasteiger partial charge in [0, 0.05) is 6.54 Å². The molecule has 0 saturated carbocycles. The molecule has 0 spiro atoms. The van der Waals surface area contributed by atoms with E-state index < -0.39 is 11.7 Å². The highest BCUT2D eigenvalue weighted by atomic mass is 16.6. The van der Waals surface area contributed by atoms with Crippen LogP contribution in [0.4, 0.5) is 4.79 Å². The lowest BCUT2D eigenvalue weighted by atomic mass is 10.1. The van der Waals surface area contributed by atoms with Crippen molar-refractivity contribution >= 4 is 6.09 Å². The van der Waals surface area contributed by atoms with Crippen LogP contribution in [-0.4, -0.2) is 53.6 Å². The van der Waals surface area contributed by atoms with Crippen LogP contribution in [-0.2, 0) is 9.47 Å². The molecule has 0 aromatic carbocycles. The van der Waals surface area contributed by atoms with E-state index >= 15 is 0 Å². The second-order valence-electron chi connectivity index (χ2n) is 5.31. The van der Waals surface area contributed by atoms with Crippen molar-refractivity contribution in [2.45, 2.75) is 51.9 Å². The molecule has 0 aromatic heterocycles. The number of hydrogen-bond donors (Lipinski definition) is 1. The van der Waals surface area contributed by atoms with E-state index in [4.69, 9.17) is 9.47 Å². The zero-order valence-electron chi connectivity index (χ0n) is 11.1. The van der Waals surface area contributed by atoms with Crippen molar-refractivity contribution in [1.29, 1.82) is 0 Å². The normalized spacial score (nSPS) is 23.4. The van der Waals surface area contributed by atoms with Gasteiger partial charge in [-0.15, -0.1) is 0 Å². The smallest absolute Gasteiger partial charge is 0.410 e. The molecule has 100 valence electrons. The van der Waals surface area contributed by atoms with Crippen LogP contribution in [0.15, 0.2) is 0 Å². The van der Waals surface area contributed by atoms with Gasteiger partial charge >= 0.3 is 6.09 Å². The third-order valence-corrected chi connectivity index (χ3v) is 2.59. The van der Waals surface area contributed by atoms with Gasteiger partial charge in [-0.05, 0) is 27.2 Å². The summed E-state index contributed by atoms with van der Waals surface area (Å²) in [5.41, 5.74) is -0.492. The molecule has 1 fully saturated rings. The molecule has 0 radical (unpaired) electrons. The average Bonchev–Trinajstić information content (AvgIpc) is 2.26. The Hall–Kier alpha value is -0.810. The van der Waals surface area contributed by atoms with Crippen LogP contribution >= 0.6 is 0 Å². The largest absolute Gasteiger partial charge is 0.444 e. The second kappa shape index (κ2) is 5.69. The van der Waals surface area contributed by atoms with Crippen LogP contribution in [0.1, 0.15) is 34.1 Å². The molecule has 5 heteroatoms. The summed E-state index contributed by atoms with van der Waals surface area (Å²) in [5.74, 6) is 0. The minimum Gasteiger partial charge on any atom is -0.444 e. The fourth-order valence-corrected chi connectivity index (χ4v) is 1.66. The van der Waals surface area contributed by atoms with E-state index in [0.717, 1.165) is 0 Å². The molecule has 1 amide bonds. The summed E-state index contributed by atoms with van der Waals surface area (Å²) in [6.07, 6.45) is -0.553. The highest BCUT2D eigenvalue weighted by Gasteiger charge is 2.30. The highest BCUT2D eigenvalue weighted by Crippen LogP contribution is 2.15. The maximum Gasteiger partial charge on any atom is 0.410 e. The van der Waals surface area contributed by atoms with Gasteiger partial charge in [-0.25, -0.2) is 4.79 Å². The number of hydrogen-bond acceptors (Lipinski definition) is 4. The van der Waals surface area contributed by atoms with E-state index in [1.54, 1.807) is 4.90 Å². The minimum absolute atomic E-state index is 0.304. The molecule has 2 atom stereocenters. The Morgan fingerprint density at radius 1 is 1.59 bits per heavy atom. The Balaban J connectivity index is 2.52. The first kappa shape index (κ1) is 14.3. The van der Waals surface area contributed by atoms with Gasteiger partial charge in [-0.1, -0.05) is 6.92 Å². The number of carbonyl (C=O) groups is 1. The van der Waals surface area contributed by atoms with Crippen molar-refractivity contribution in [3.63, 3.8) is 0 Å². The molecule has 5 nitrogen and oxygen atoms in total. The van der Waals surface area contributed by atoms with Crippen molar-refractivity contribution in [1.82, 2.24) is 4.90 Å². The van der Waals surface area contributed by atoms with Gasteiger partial charge in [0.25, 0.3) is 0 Å². The van der Waals surface area contributed by atoms with E-state index in [-0.39, 0.29) is 12.2 Å². The lowest BCUT2D eigenvalue weighted by Gasteiger charge is -2.35. The third-order valence-electron chi connectivity index (χ3n) is 2.59. The van der Waals surface area contributed by atoms with Crippen LogP contribution in [0.3, 0.4) is 0 Å². The van der Waals surface area contributed by atoms with Crippen molar-refractivity contribution in [2.75, 3.05) is 19.7 Å². The summed E-state index contributed by atoms with van der Waals surface area (Å²) < 4.78 is 10.7. The molecule has 1 rings (SSSR count). The Labute approximate surface area is 103 Å². The number of carbonyl (C=O) groups excluding carboxylic acids is 1. The van der Waals surface area contributed by atoms with Crippen molar-refractivity contribution in [2.24, 2.45) is 0 Å². The number of aliphatic hydroxyl groups is 1. The number of nitrogens with zero attached hydrogens (tertiary/aromatic N) is 1. The molecule has 17 heavy (non-hydrogen) atoms. The predicted octanol–water partition coefficient (Wildman–Crippen LogP) is 1.39. The van der Waals surface area contributed by atoms with E-state index in [1.165, 1.54) is 0 Å². The number of ether oxygens (including phenoxy) is 2. The molecular weight excluding hydrogens is 222 g/mol. The number of amides is 1. The Morgan fingerprint density at radius 2 is 2.24 bits per heavy atom. The summed E-state index contributed by atoms with van der Waals surface area (Å²) in [7, 11) is 0. The van der Waals surface area contributed by atoms with Crippen LogP contribution < -0.4 is 0 Å². The maximum atomic E-state index is 11.8. The quantitative estimate of drug-likeness (QED) is 0.798. The van der Waals surface area contributed by atoms with Gasteiger partial charge in [-0.3, -0.25) is 0 Å². The fourth-order valence-electron chi connectivity index (χ4n) is 1.66. The molecule has 0 unspecified atom stereocenters. The summed E-state index contributed by atoms with van der Waals surface area (Å²) in [4.78, 5) is 13.4. The highest BCUT2D eigenvalue weighted by molar-refractivity contribution is 5.68. The second-order valence-corrected chi connectivity index (χ2v) is 5.31. The average molecular weight is 245 g/mol. The van der Waals surface area contributed by atoms with E-state index in [1.807, 2.05) is 27.7 Å². The Bertz CT molecular complexity index is 262. The summed E-state index contributed by atoms with van der Waals surface area (Å²) in [5, 5.41) is 9.71. The van der Waals surface area contributed by atoms with Gasteiger partial charge in [0.1, 0.15) is 11.7 Å². The van der Waals surface area contributed by atoms with Gasteiger partial charge in [0.2, 0.25) is 0 Å². The predicted molar refractivity (Wildman–Crippen MR) is 63.8 cm³/mol. The molecule has 0 aliphatic carbocycles. The van der Waals surface area contributed by atoms with Crippen molar-refractivity contribution in [3.8, 4) is 0 Å². The summed E-state index contributed by atoms with van der Waals surface area (Å²) in [6.45, 7) is 8.75. The van der Waals surface area contributed by atoms with E-state index in [2.05, 4.69) is 0 Å². The van der Waals surface area contributed by atoms with Crippen molar-refractivity contribution < 1.29 is 19.4 Å². The monoisotopic (exact) mass is 245 g/mol. The lowest BCUT2D eigenvalue weighted by molar-refractivity contribution is -0.0898. The summed E-state index contributed by atoms with van der Waals surface area (Å²) >= 11 is 0. The first-order chi connectivity index (χ1) is 7.83. The molecule has 1 heterocycles. The van der Waals surface area contributed by atoms with Crippen LogP contribution in [0, 0.1) is 0 Å². The number of aliphatic hydroxyl groups excluding tert-OH is 1. The minimum atomic E-state index is -0.528. The van der Waals surface area contributed by atoms with Gasteiger partial charge < -0.3 is 19.5 Å². The molecular formula is C12H23NO4. The van der Waals surface area contributed by atoms with Crippen LogP contribution in [0.5, 0.6) is 0 Å². The van der Waals surface area contributed by atoms with Gasteiger partial charge in [0.15, 0.2) is 0 Å². The standard InChI is InChI=1S/C12H23NO4/c1-5-9(14)10-8-13(6-7-16-10)11(15)17-12(2,3)4/h9-10,14H,5-8H2,1-4H3/t9-,10-/m1/s1. The third kappa shape index (κ3) is 4.52. The van der Waals surface area contributed by atoms with E-state index in [9.17, 15) is 9.90 Å². The molecule has 0 aromatic rings. The Morgan fingerprint density at radius 3 is 2.76 bits per heavy atom. The Kier molecular flexibility index (Phi) is 4.77. The molecule has 1 N–H and O–H groups in total. The van der Waals surface area contributed by atoms with E-state index in [0.29, 0.717) is 26.1 Å². The topological polar surface area (TPSA) is 59.0 Å². The van der Waals surface area contributed by atoms with Crippen molar-refractivity contribution in [3.05, 3.63) is 0 Å². The molecule has 0 bridgehead atoms. The number of morpholine rings is 1. The fraction of sp³-hybridized carbons (Fsp3) is 0.917. The molecule has 1 aliphatic heterocycles.